The number of aliphatic imine (C=N–C) groups is 3. The summed E-state index contributed by atoms with van der Waals surface area (Å²) in [6.07, 6.45) is 10.3. The van der Waals surface area contributed by atoms with E-state index < -0.39 is 90.2 Å². The highest BCUT2D eigenvalue weighted by atomic mass is 16.2. The number of hydrogen-bond donors (Lipinski definition) is 16. The van der Waals surface area contributed by atoms with E-state index in [9.17, 15) is 38.4 Å². The van der Waals surface area contributed by atoms with E-state index in [1.165, 1.54) is 0 Å². The van der Waals surface area contributed by atoms with Crippen LogP contribution in [-0.4, -0.2) is 147 Å². The Bertz CT molecular complexity index is 2460. The molecule has 0 aliphatic carbocycles. The first-order valence-corrected chi connectivity index (χ1v) is 30.7. The first-order valence-electron chi connectivity index (χ1n) is 30.7. The Kier molecular flexibility index (Phi) is 38.3. The summed E-state index contributed by atoms with van der Waals surface area (Å²) in [5.41, 5.74) is 46.7. The standard InChI is InChI=1S/C60H103N19O8/c1-4-5-6-7-8-9-16-30-50(80)75-44(28-20-33-70-59(65)66)55(85)77-45(27-17-18-31-61)56(86)78-46(29-21-34-71-60(67)68)54(84)74-43(26-19-32-69-58(63)64)38-72-48(37-42-24-14-11-15-25-42)57(87)79-49(35-40(2)3)53(83)73-39-51(81)76-47(52(62)82)36-41-22-12-10-13-23-41/h10-15,22-25,40,43-49,72H,4-9,16-21,26-39,61H2,1-3H3,(H2,62,82)(H,73,83)(H,74,84)(H,75,80)(H,76,81)(H,77,85)(H,78,86)(H,79,87)(H4,63,64,69)(H4,65,66,70)(H4,67,68,71)/t43-,44-,45-,46-,47-,48-,49-/m0/s1. The highest BCUT2D eigenvalue weighted by Gasteiger charge is 2.32. The molecule has 2 aromatic carbocycles. The highest BCUT2D eigenvalue weighted by molar-refractivity contribution is 5.95. The molecule has 27 nitrogen and oxygen atoms in total. The summed E-state index contributed by atoms with van der Waals surface area (Å²) >= 11 is 0. The summed E-state index contributed by atoms with van der Waals surface area (Å²) in [6, 6.07) is 10.9. The molecule has 2 aromatic rings. The molecule has 2 rings (SSSR count). The number of carbonyl (C=O) groups is 8. The van der Waals surface area contributed by atoms with E-state index in [1.54, 1.807) is 24.3 Å². The number of unbranched alkanes of at least 4 members (excludes halogenated alkanes) is 7. The summed E-state index contributed by atoms with van der Waals surface area (Å²) < 4.78 is 0. The number of guanidine groups is 3. The molecule has 0 spiro atoms. The Balaban J connectivity index is 2.46. The zero-order chi connectivity index (χ0) is 64.4. The molecule has 0 saturated heterocycles. The topological polar surface area (TPSA) is 478 Å². The number of carbonyl (C=O) groups excluding carboxylic acids is 8. The van der Waals surface area contributed by atoms with E-state index in [4.69, 9.17) is 45.9 Å². The molecule has 87 heavy (non-hydrogen) atoms. The monoisotopic (exact) mass is 1220 g/mol. The number of nitrogens with zero attached hydrogens (tertiary/aromatic N) is 3. The third-order valence-corrected chi connectivity index (χ3v) is 14.0. The minimum absolute atomic E-state index is 0.00853. The molecular formula is C60H103N19O8. The van der Waals surface area contributed by atoms with Crippen LogP contribution in [0, 0.1) is 5.92 Å². The molecule has 0 radical (unpaired) electrons. The molecule has 7 atom stereocenters. The van der Waals surface area contributed by atoms with Gasteiger partial charge in [0.25, 0.3) is 0 Å². The average molecular weight is 1220 g/mol. The number of nitrogens with one attached hydrogen (secondary N) is 8. The summed E-state index contributed by atoms with van der Waals surface area (Å²) in [4.78, 5) is 123. The SMILES string of the molecule is CCCCCCCCCC(=O)N[C@@H](CCCN=C(N)N)C(=O)N[C@@H](CCCCN)C(=O)N[C@@H](CCCN=C(N)N)C(=O)N[C@@H](CCCN=C(N)N)CN[C@@H](Cc1ccccc1)C(=O)N[C@@H](CC(C)C)C(=O)NCC(=O)N[C@@H](Cc1ccccc1)C(N)=O. The molecule has 0 aromatic heterocycles. The van der Waals surface area contributed by atoms with Crippen molar-refractivity contribution in [2.75, 3.05) is 39.3 Å². The second-order valence-corrected chi connectivity index (χ2v) is 22.2. The van der Waals surface area contributed by atoms with E-state index >= 15 is 0 Å². The van der Waals surface area contributed by atoms with Crippen LogP contribution in [0.4, 0.5) is 0 Å². The summed E-state index contributed by atoms with van der Waals surface area (Å²) in [5, 5.41) is 23.0. The number of primary amides is 1. The highest BCUT2D eigenvalue weighted by Crippen LogP contribution is 2.13. The molecule has 486 valence electrons. The second-order valence-electron chi connectivity index (χ2n) is 22.2. The first kappa shape index (κ1) is 75.0. The van der Waals surface area contributed by atoms with Gasteiger partial charge < -0.3 is 88.4 Å². The lowest BCUT2D eigenvalue weighted by molar-refractivity contribution is -0.134. The van der Waals surface area contributed by atoms with E-state index in [2.05, 4.69) is 64.4 Å². The van der Waals surface area contributed by atoms with E-state index in [0.29, 0.717) is 38.6 Å². The summed E-state index contributed by atoms with van der Waals surface area (Å²) in [5.74, 6) is -5.30. The number of hydrogen-bond acceptors (Lipinski definition) is 13. The van der Waals surface area contributed by atoms with Gasteiger partial charge >= 0.3 is 0 Å². The van der Waals surface area contributed by atoms with E-state index in [0.717, 1.165) is 49.7 Å². The van der Waals surface area contributed by atoms with Gasteiger partial charge in [-0.15, -0.1) is 0 Å². The number of nitrogens with two attached hydrogens (primary N) is 8. The van der Waals surface area contributed by atoms with Crippen molar-refractivity contribution in [2.24, 2.45) is 66.8 Å². The van der Waals surface area contributed by atoms with E-state index in [-0.39, 0.29) is 114 Å². The van der Waals surface area contributed by atoms with Crippen molar-refractivity contribution in [1.29, 1.82) is 0 Å². The number of benzene rings is 2. The molecule has 0 bridgehead atoms. The van der Waals surface area contributed by atoms with Crippen LogP contribution in [0.2, 0.25) is 0 Å². The van der Waals surface area contributed by atoms with Crippen molar-refractivity contribution in [2.45, 2.75) is 191 Å². The maximum atomic E-state index is 14.7. The molecule has 0 heterocycles. The van der Waals surface area contributed by atoms with Crippen LogP contribution < -0.4 is 88.4 Å². The Morgan fingerprint density at radius 2 is 0.885 bits per heavy atom. The lowest BCUT2D eigenvalue weighted by atomic mass is 10.0. The molecule has 0 aliphatic heterocycles. The molecule has 0 unspecified atom stereocenters. The fourth-order valence-corrected chi connectivity index (χ4v) is 9.41. The van der Waals surface area contributed by atoms with Gasteiger partial charge in [0.1, 0.15) is 30.2 Å². The molecule has 27 heteroatoms. The van der Waals surface area contributed by atoms with Gasteiger partial charge in [-0.3, -0.25) is 53.3 Å². The van der Waals surface area contributed by atoms with Crippen molar-refractivity contribution < 1.29 is 38.4 Å². The maximum absolute atomic E-state index is 14.7. The maximum Gasteiger partial charge on any atom is 0.243 e. The predicted octanol–water partition coefficient (Wildman–Crippen LogP) is -0.583. The van der Waals surface area contributed by atoms with Crippen molar-refractivity contribution in [3.63, 3.8) is 0 Å². The fourth-order valence-electron chi connectivity index (χ4n) is 9.41. The minimum Gasteiger partial charge on any atom is -0.370 e. The molecule has 0 saturated carbocycles. The fraction of sp³-hybridized carbons (Fsp3) is 0.617. The van der Waals surface area contributed by atoms with Gasteiger partial charge in [-0.1, -0.05) is 120 Å². The Hall–Kier alpha value is -8.07. The molecule has 24 N–H and O–H groups in total. The van der Waals surface area contributed by atoms with Crippen molar-refractivity contribution >= 4 is 65.1 Å². The average Bonchev–Trinajstić information content (AvgIpc) is 3.42. The molecular weight excluding hydrogens is 1110 g/mol. The normalized spacial score (nSPS) is 13.4. The van der Waals surface area contributed by atoms with Crippen molar-refractivity contribution in [3.05, 3.63) is 71.8 Å². The molecule has 0 fully saturated rings. The quantitative estimate of drug-likeness (QED) is 0.0224. The third kappa shape index (κ3) is 35.2. The summed E-state index contributed by atoms with van der Waals surface area (Å²) in [6.45, 7) is 6.22. The summed E-state index contributed by atoms with van der Waals surface area (Å²) in [7, 11) is 0. The first-order chi connectivity index (χ1) is 41.6. The lowest BCUT2D eigenvalue weighted by Crippen LogP contribution is -2.58. The molecule has 8 amide bonds. The van der Waals surface area contributed by atoms with Crippen LogP contribution in [0.5, 0.6) is 0 Å². The Morgan fingerprint density at radius 1 is 0.448 bits per heavy atom. The zero-order valence-corrected chi connectivity index (χ0v) is 51.5. The van der Waals surface area contributed by atoms with Gasteiger partial charge in [0.15, 0.2) is 17.9 Å². The van der Waals surface area contributed by atoms with Crippen molar-refractivity contribution in [1.82, 2.24) is 42.5 Å². The number of rotatable bonds is 47. The Morgan fingerprint density at radius 3 is 1.38 bits per heavy atom. The van der Waals surface area contributed by atoms with Crippen LogP contribution in [0.25, 0.3) is 0 Å². The van der Waals surface area contributed by atoms with Crippen LogP contribution in [-0.2, 0) is 51.2 Å². The zero-order valence-electron chi connectivity index (χ0n) is 51.5. The van der Waals surface area contributed by atoms with Gasteiger partial charge in [-0.2, -0.15) is 0 Å². The van der Waals surface area contributed by atoms with Gasteiger partial charge in [0.05, 0.1) is 12.6 Å². The van der Waals surface area contributed by atoms with Crippen LogP contribution >= 0.6 is 0 Å². The van der Waals surface area contributed by atoms with Crippen LogP contribution in [0.3, 0.4) is 0 Å². The largest absolute Gasteiger partial charge is 0.370 e. The van der Waals surface area contributed by atoms with Crippen LogP contribution in [0.15, 0.2) is 75.6 Å². The Labute approximate surface area is 513 Å². The smallest absolute Gasteiger partial charge is 0.243 e. The van der Waals surface area contributed by atoms with Crippen molar-refractivity contribution in [3.8, 4) is 0 Å². The van der Waals surface area contributed by atoms with Gasteiger partial charge in [0, 0.05) is 45.1 Å². The second kappa shape index (κ2) is 44.4. The number of amides is 8. The molecule has 0 aliphatic rings. The van der Waals surface area contributed by atoms with Crippen LogP contribution in [0.1, 0.15) is 147 Å². The van der Waals surface area contributed by atoms with Gasteiger partial charge in [0.2, 0.25) is 47.3 Å². The van der Waals surface area contributed by atoms with Gasteiger partial charge in [-0.05, 0) is 101 Å². The minimum atomic E-state index is -1.20. The van der Waals surface area contributed by atoms with Gasteiger partial charge in [-0.25, -0.2) is 0 Å². The van der Waals surface area contributed by atoms with E-state index in [1.807, 2.05) is 50.2 Å². The lowest BCUT2D eigenvalue weighted by Gasteiger charge is -2.28. The third-order valence-electron chi connectivity index (χ3n) is 14.0. The predicted molar refractivity (Wildman–Crippen MR) is 341 cm³/mol.